The molecule has 1 unspecified atom stereocenters. The highest BCUT2D eigenvalue weighted by molar-refractivity contribution is 5.98. The zero-order valence-corrected chi connectivity index (χ0v) is 14.4. The van der Waals surface area contributed by atoms with Gasteiger partial charge in [-0.1, -0.05) is 42.5 Å². The summed E-state index contributed by atoms with van der Waals surface area (Å²) in [5.74, 6) is 0.0871. The van der Waals surface area contributed by atoms with E-state index >= 15 is 0 Å². The third kappa shape index (κ3) is 5.21. The molecule has 130 valence electrons. The number of carbonyl (C=O) groups excluding carboxylic acids is 2. The van der Waals surface area contributed by atoms with Crippen LogP contribution in [0.2, 0.25) is 0 Å². The first-order chi connectivity index (χ1) is 12.2. The van der Waals surface area contributed by atoms with Crippen molar-refractivity contribution >= 4 is 11.8 Å². The van der Waals surface area contributed by atoms with Gasteiger partial charge in [0, 0.05) is 12.1 Å². The molecule has 0 aromatic heterocycles. The molecule has 0 spiro atoms. The van der Waals surface area contributed by atoms with Crippen LogP contribution in [0.5, 0.6) is 5.75 Å². The van der Waals surface area contributed by atoms with Gasteiger partial charge in [-0.25, -0.2) is 0 Å². The largest absolute Gasteiger partial charge is 0.497 e. The number of rotatable bonds is 7. The Labute approximate surface area is 147 Å². The molecule has 0 saturated carbocycles. The van der Waals surface area contributed by atoms with E-state index in [1.54, 1.807) is 31.4 Å². The van der Waals surface area contributed by atoms with Crippen LogP contribution in [0.3, 0.4) is 0 Å². The van der Waals surface area contributed by atoms with Crippen molar-refractivity contribution in [3.8, 4) is 5.75 Å². The molecule has 25 heavy (non-hydrogen) atoms. The molecule has 1 atom stereocenters. The first kappa shape index (κ1) is 18.3. The molecule has 0 radical (unpaired) electrons. The predicted molar refractivity (Wildman–Crippen MR) is 97.5 cm³/mol. The molecule has 0 aliphatic heterocycles. The lowest BCUT2D eigenvalue weighted by molar-refractivity contribution is -0.122. The Bertz CT molecular complexity index is 724. The van der Waals surface area contributed by atoms with Gasteiger partial charge in [0.05, 0.1) is 7.11 Å². The summed E-state index contributed by atoms with van der Waals surface area (Å²) in [6, 6.07) is 15.1. The van der Waals surface area contributed by atoms with Gasteiger partial charge >= 0.3 is 0 Å². The summed E-state index contributed by atoms with van der Waals surface area (Å²) < 4.78 is 5.09. The SMILES string of the molecule is C/C=C/CNC(=O)C(NC(=O)c1ccc(OC)cc1)c1ccccc1. The Balaban J connectivity index is 2.16. The number of amides is 2. The molecule has 0 bridgehead atoms. The normalized spacial score (nSPS) is 11.8. The first-order valence-corrected chi connectivity index (χ1v) is 8.04. The molecule has 2 aromatic carbocycles. The van der Waals surface area contributed by atoms with Crippen LogP contribution in [0, 0.1) is 0 Å². The van der Waals surface area contributed by atoms with Crippen molar-refractivity contribution in [2.45, 2.75) is 13.0 Å². The van der Waals surface area contributed by atoms with E-state index < -0.39 is 6.04 Å². The Morgan fingerprint density at radius 2 is 1.76 bits per heavy atom. The zero-order valence-electron chi connectivity index (χ0n) is 14.4. The minimum atomic E-state index is -0.763. The molecule has 2 amide bonds. The number of carbonyl (C=O) groups is 2. The molecule has 5 heteroatoms. The second-order valence-electron chi connectivity index (χ2n) is 5.36. The average Bonchev–Trinajstić information content (AvgIpc) is 2.66. The van der Waals surface area contributed by atoms with E-state index in [1.807, 2.05) is 49.4 Å². The highest BCUT2D eigenvalue weighted by Gasteiger charge is 2.22. The molecule has 0 saturated heterocycles. The fraction of sp³-hybridized carbons (Fsp3) is 0.200. The standard InChI is InChI=1S/C20H22N2O3/c1-3-4-14-21-20(24)18(15-8-6-5-7-9-15)22-19(23)16-10-12-17(25-2)13-11-16/h3-13,18H,14H2,1-2H3,(H,21,24)(H,22,23)/b4-3+. The number of methoxy groups -OCH3 is 1. The van der Waals surface area contributed by atoms with Crippen LogP contribution in [0.1, 0.15) is 28.9 Å². The van der Waals surface area contributed by atoms with Gasteiger partial charge in [0.1, 0.15) is 11.8 Å². The van der Waals surface area contributed by atoms with Crippen LogP contribution in [-0.2, 0) is 4.79 Å². The fourth-order valence-electron chi connectivity index (χ4n) is 2.28. The molecule has 2 aromatic rings. The number of allylic oxidation sites excluding steroid dienone is 1. The van der Waals surface area contributed by atoms with Gasteiger partial charge in [-0.2, -0.15) is 0 Å². The van der Waals surface area contributed by atoms with Gasteiger partial charge < -0.3 is 15.4 Å². The van der Waals surface area contributed by atoms with Gasteiger partial charge in [-0.05, 0) is 36.8 Å². The quantitative estimate of drug-likeness (QED) is 0.763. The number of ether oxygens (including phenoxy) is 1. The summed E-state index contributed by atoms with van der Waals surface area (Å²) in [7, 11) is 1.57. The minimum Gasteiger partial charge on any atom is -0.497 e. The summed E-state index contributed by atoms with van der Waals surface area (Å²) in [4.78, 5) is 25.0. The molecule has 2 rings (SSSR count). The lowest BCUT2D eigenvalue weighted by Gasteiger charge is -2.18. The van der Waals surface area contributed by atoms with Gasteiger partial charge in [0.15, 0.2) is 0 Å². The minimum absolute atomic E-state index is 0.258. The van der Waals surface area contributed by atoms with Gasteiger partial charge in [0.2, 0.25) is 5.91 Å². The third-order valence-corrected chi connectivity index (χ3v) is 3.65. The Morgan fingerprint density at radius 1 is 1.08 bits per heavy atom. The van der Waals surface area contributed by atoms with Crippen molar-refractivity contribution in [2.75, 3.05) is 13.7 Å². The van der Waals surface area contributed by atoms with Crippen LogP contribution in [-0.4, -0.2) is 25.5 Å². The van der Waals surface area contributed by atoms with E-state index in [0.29, 0.717) is 17.9 Å². The number of hydrogen-bond donors (Lipinski definition) is 2. The topological polar surface area (TPSA) is 67.4 Å². The maximum absolute atomic E-state index is 12.5. The van der Waals surface area contributed by atoms with Gasteiger partial charge in [-0.15, -0.1) is 0 Å². The van der Waals surface area contributed by atoms with Crippen molar-refractivity contribution in [3.63, 3.8) is 0 Å². The molecule has 0 aliphatic rings. The van der Waals surface area contributed by atoms with E-state index in [2.05, 4.69) is 10.6 Å². The Kier molecular flexibility index (Phi) is 6.77. The van der Waals surface area contributed by atoms with E-state index in [-0.39, 0.29) is 11.8 Å². The van der Waals surface area contributed by atoms with Crippen molar-refractivity contribution in [2.24, 2.45) is 0 Å². The van der Waals surface area contributed by atoms with Crippen LogP contribution in [0.4, 0.5) is 0 Å². The zero-order chi connectivity index (χ0) is 18.1. The molecule has 0 fully saturated rings. The lowest BCUT2D eigenvalue weighted by atomic mass is 10.1. The molecule has 5 nitrogen and oxygen atoms in total. The van der Waals surface area contributed by atoms with Crippen LogP contribution in [0.15, 0.2) is 66.7 Å². The highest BCUT2D eigenvalue weighted by atomic mass is 16.5. The second kappa shape index (κ2) is 9.27. The van der Waals surface area contributed by atoms with Crippen molar-refractivity contribution in [3.05, 3.63) is 77.9 Å². The molecule has 2 N–H and O–H groups in total. The number of nitrogens with one attached hydrogen (secondary N) is 2. The molecular weight excluding hydrogens is 316 g/mol. The van der Waals surface area contributed by atoms with Crippen molar-refractivity contribution in [1.29, 1.82) is 0 Å². The summed E-state index contributed by atoms with van der Waals surface area (Å²) >= 11 is 0. The van der Waals surface area contributed by atoms with E-state index in [1.165, 1.54) is 0 Å². The lowest BCUT2D eigenvalue weighted by Crippen LogP contribution is -2.40. The molecule has 0 aliphatic carbocycles. The Hall–Kier alpha value is -3.08. The van der Waals surface area contributed by atoms with Crippen LogP contribution >= 0.6 is 0 Å². The van der Waals surface area contributed by atoms with E-state index in [9.17, 15) is 9.59 Å². The maximum atomic E-state index is 12.5. The molecular formula is C20H22N2O3. The summed E-state index contributed by atoms with van der Waals surface area (Å²) in [5, 5.41) is 5.59. The smallest absolute Gasteiger partial charge is 0.252 e. The molecule has 0 heterocycles. The average molecular weight is 338 g/mol. The number of hydrogen-bond acceptors (Lipinski definition) is 3. The Morgan fingerprint density at radius 3 is 2.36 bits per heavy atom. The van der Waals surface area contributed by atoms with Crippen LogP contribution < -0.4 is 15.4 Å². The summed E-state index contributed by atoms with van der Waals surface area (Å²) in [6.07, 6.45) is 3.69. The first-order valence-electron chi connectivity index (χ1n) is 8.04. The second-order valence-corrected chi connectivity index (χ2v) is 5.36. The van der Waals surface area contributed by atoms with E-state index in [4.69, 9.17) is 4.74 Å². The third-order valence-electron chi connectivity index (χ3n) is 3.65. The van der Waals surface area contributed by atoms with Crippen molar-refractivity contribution in [1.82, 2.24) is 10.6 Å². The maximum Gasteiger partial charge on any atom is 0.252 e. The fourth-order valence-corrected chi connectivity index (χ4v) is 2.28. The summed E-state index contributed by atoms with van der Waals surface area (Å²) in [5.41, 5.74) is 1.19. The summed E-state index contributed by atoms with van der Waals surface area (Å²) in [6.45, 7) is 2.30. The van der Waals surface area contributed by atoms with E-state index in [0.717, 1.165) is 5.56 Å². The number of benzene rings is 2. The van der Waals surface area contributed by atoms with Crippen molar-refractivity contribution < 1.29 is 14.3 Å². The highest BCUT2D eigenvalue weighted by Crippen LogP contribution is 2.16. The monoisotopic (exact) mass is 338 g/mol. The predicted octanol–water partition coefficient (Wildman–Crippen LogP) is 2.86. The van der Waals surface area contributed by atoms with Gasteiger partial charge in [-0.3, -0.25) is 9.59 Å². The van der Waals surface area contributed by atoms with Crippen LogP contribution in [0.25, 0.3) is 0 Å². The van der Waals surface area contributed by atoms with Gasteiger partial charge in [0.25, 0.3) is 5.91 Å².